The minimum absolute atomic E-state index is 0.0428. The Morgan fingerprint density at radius 3 is 2.02 bits per heavy atom. The van der Waals surface area contributed by atoms with Gasteiger partial charge in [-0.3, -0.25) is 19.4 Å². The lowest BCUT2D eigenvalue weighted by Crippen LogP contribution is -2.74. The molecular formula is C33H32Cl2F6N4O2. The lowest BCUT2D eigenvalue weighted by atomic mass is 9.71. The van der Waals surface area contributed by atoms with E-state index >= 15 is 0 Å². The SMILES string of the molecule is NCC(=O)C1(c2ccc(Cl)c(Cl)c2)C(C(=O)c2cc(C(F)(F)F)cc(C(F)(F)F)c2)NCCN1C1CCN(Cc2ccccc2)CC1. The van der Waals surface area contributed by atoms with Gasteiger partial charge in [-0.2, -0.15) is 26.3 Å². The summed E-state index contributed by atoms with van der Waals surface area (Å²) >= 11 is 12.6. The highest BCUT2D eigenvalue weighted by atomic mass is 35.5. The molecule has 0 aliphatic carbocycles. The van der Waals surface area contributed by atoms with Crippen LogP contribution in [-0.4, -0.2) is 66.2 Å². The van der Waals surface area contributed by atoms with Crippen LogP contribution in [0, 0.1) is 0 Å². The van der Waals surface area contributed by atoms with Crippen molar-refractivity contribution in [2.75, 3.05) is 32.7 Å². The average Bonchev–Trinajstić information content (AvgIpc) is 3.04. The van der Waals surface area contributed by atoms with Gasteiger partial charge in [-0.25, -0.2) is 0 Å². The van der Waals surface area contributed by atoms with Gasteiger partial charge in [0.05, 0.1) is 27.7 Å². The molecule has 14 heteroatoms. The lowest BCUT2D eigenvalue weighted by molar-refractivity contribution is -0.143. The van der Waals surface area contributed by atoms with Gasteiger partial charge in [0, 0.05) is 31.2 Å². The van der Waals surface area contributed by atoms with E-state index in [0.717, 1.165) is 5.56 Å². The molecule has 2 aliphatic rings. The number of piperazine rings is 1. The molecule has 2 unspecified atom stereocenters. The van der Waals surface area contributed by atoms with Crippen molar-refractivity contribution in [3.8, 4) is 0 Å². The van der Waals surface area contributed by atoms with Crippen LogP contribution in [0.15, 0.2) is 66.7 Å². The third kappa shape index (κ3) is 7.23. The number of likely N-dealkylation sites (tertiary alicyclic amines) is 1. The molecule has 0 saturated carbocycles. The molecule has 3 aromatic carbocycles. The molecule has 47 heavy (non-hydrogen) atoms. The number of nitrogens with one attached hydrogen (secondary N) is 1. The first kappa shape index (κ1) is 35.3. The number of rotatable bonds is 8. The zero-order valence-corrected chi connectivity index (χ0v) is 26.5. The number of halogens is 8. The predicted molar refractivity (Wildman–Crippen MR) is 166 cm³/mol. The molecule has 3 N–H and O–H groups in total. The van der Waals surface area contributed by atoms with Gasteiger partial charge in [-0.1, -0.05) is 59.6 Å². The summed E-state index contributed by atoms with van der Waals surface area (Å²) in [6.45, 7) is 1.75. The minimum Gasteiger partial charge on any atom is -0.324 e. The van der Waals surface area contributed by atoms with Crippen LogP contribution in [0.3, 0.4) is 0 Å². The second kappa shape index (κ2) is 13.9. The van der Waals surface area contributed by atoms with E-state index in [1.807, 2.05) is 35.2 Å². The second-order valence-electron chi connectivity index (χ2n) is 11.8. The molecule has 2 fully saturated rings. The third-order valence-corrected chi connectivity index (χ3v) is 9.66. The fourth-order valence-electron chi connectivity index (χ4n) is 6.77. The van der Waals surface area contributed by atoms with E-state index in [1.165, 1.54) is 18.2 Å². The molecule has 0 radical (unpaired) electrons. The van der Waals surface area contributed by atoms with Gasteiger partial charge in [0.2, 0.25) is 0 Å². The molecule has 6 nitrogen and oxygen atoms in total. The Hall–Kier alpha value is -3.00. The summed E-state index contributed by atoms with van der Waals surface area (Å²) in [5.74, 6) is -1.78. The number of alkyl halides is 6. The van der Waals surface area contributed by atoms with E-state index in [4.69, 9.17) is 28.9 Å². The van der Waals surface area contributed by atoms with Crippen molar-refractivity contribution < 1.29 is 35.9 Å². The zero-order chi connectivity index (χ0) is 34.1. The van der Waals surface area contributed by atoms with Crippen molar-refractivity contribution in [1.29, 1.82) is 0 Å². The molecule has 0 amide bonds. The Kier molecular flexibility index (Phi) is 10.4. The van der Waals surface area contributed by atoms with E-state index in [0.29, 0.717) is 44.6 Å². The topological polar surface area (TPSA) is 78.7 Å². The summed E-state index contributed by atoms with van der Waals surface area (Å²) in [5.41, 5.74) is 1.24. The van der Waals surface area contributed by atoms with E-state index in [9.17, 15) is 35.9 Å². The van der Waals surface area contributed by atoms with Crippen LogP contribution in [-0.2, 0) is 29.2 Å². The molecule has 0 spiro atoms. The Balaban J connectivity index is 1.61. The van der Waals surface area contributed by atoms with Crippen LogP contribution in [0.1, 0.15) is 45.5 Å². The van der Waals surface area contributed by atoms with Crippen molar-refractivity contribution in [3.63, 3.8) is 0 Å². The molecule has 2 aliphatic heterocycles. The van der Waals surface area contributed by atoms with Crippen molar-refractivity contribution >= 4 is 34.8 Å². The van der Waals surface area contributed by atoms with E-state index in [-0.39, 0.29) is 40.8 Å². The van der Waals surface area contributed by atoms with Crippen molar-refractivity contribution in [1.82, 2.24) is 15.1 Å². The monoisotopic (exact) mass is 700 g/mol. The summed E-state index contributed by atoms with van der Waals surface area (Å²) < 4.78 is 82.8. The first-order valence-electron chi connectivity index (χ1n) is 14.9. The van der Waals surface area contributed by atoms with E-state index < -0.39 is 58.7 Å². The Morgan fingerprint density at radius 1 is 0.851 bits per heavy atom. The minimum atomic E-state index is -5.18. The highest BCUT2D eigenvalue weighted by Crippen LogP contribution is 2.43. The molecule has 0 aromatic heterocycles. The Labute approximate surface area is 277 Å². The normalized spacial score (nSPS) is 21.9. The van der Waals surface area contributed by atoms with E-state index in [1.54, 1.807) is 0 Å². The molecular weight excluding hydrogens is 669 g/mol. The highest BCUT2D eigenvalue weighted by Gasteiger charge is 2.57. The number of benzene rings is 3. The summed E-state index contributed by atoms with van der Waals surface area (Å²) in [5, 5.41) is 3.15. The van der Waals surface area contributed by atoms with Gasteiger partial charge < -0.3 is 11.1 Å². The van der Waals surface area contributed by atoms with Gasteiger partial charge in [0.15, 0.2) is 11.6 Å². The summed E-state index contributed by atoms with van der Waals surface area (Å²) in [4.78, 5) is 32.6. The fourth-order valence-corrected chi connectivity index (χ4v) is 7.07. The van der Waals surface area contributed by atoms with Gasteiger partial charge in [-0.15, -0.1) is 0 Å². The number of hydrogen-bond donors (Lipinski definition) is 2. The van der Waals surface area contributed by atoms with Crippen molar-refractivity contribution in [2.24, 2.45) is 5.73 Å². The number of carbonyl (C=O) groups is 2. The fraction of sp³-hybridized carbons (Fsp3) is 0.394. The third-order valence-electron chi connectivity index (χ3n) is 8.92. The molecule has 2 saturated heterocycles. The van der Waals surface area contributed by atoms with Crippen LogP contribution >= 0.6 is 23.2 Å². The average molecular weight is 702 g/mol. The molecule has 0 bridgehead atoms. The maximum absolute atomic E-state index is 14.3. The molecule has 3 aromatic rings. The van der Waals surface area contributed by atoms with Crippen LogP contribution in [0.4, 0.5) is 26.3 Å². The van der Waals surface area contributed by atoms with Crippen molar-refractivity contribution in [3.05, 3.63) is 105 Å². The number of piperidine rings is 1. The largest absolute Gasteiger partial charge is 0.416 e. The number of hydrogen-bond acceptors (Lipinski definition) is 6. The number of Topliss-reactive ketones (excluding diaryl/α,β-unsaturated/α-hetero) is 2. The van der Waals surface area contributed by atoms with E-state index in [2.05, 4.69) is 10.2 Å². The summed E-state index contributed by atoms with van der Waals surface area (Å²) in [7, 11) is 0. The maximum atomic E-state index is 14.3. The first-order valence-corrected chi connectivity index (χ1v) is 15.7. The predicted octanol–water partition coefficient (Wildman–Crippen LogP) is 6.58. The van der Waals surface area contributed by atoms with Crippen molar-refractivity contribution in [2.45, 2.75) is 49.4 Å². The number of ketones is 2. The van der Waals surface area contributed by atoms with Crippen LogP contribution in [0.25, 0.3) is 0 Å². The first-order chi connectivity index (χ1) is 22.2. The standard InChI is InChI=1S/C33H32Cl2F6N4O2/c34-26-7-6-22(17-27(26)35)31(28(46)18-42)30(29(47)21-14-23(32(36,37)38)16-24(15-21)33(39,40)41)43-10-13-45(31)25-8-11-44(12-9-25)19-20-4-2-1-3-5-20/h1-7,14-17,25,30,43H,8-13,18-19,42H2. The molecule has 2 atom stereocenters. The van der Waals surface area contributed by atoms with Crippen LogP contribution < -0.4 is 11.1 Å². The second-order valence-corrected chi connectivity index (χ2v) is 12.6. The van der Waals surface area contributed by atoms with Gasteiger partial charge in [-0.05, 0) is 67.4 Å². The summed E-state index contributed by atoms with van der Waals surface area (Å²) in [6.07, 6.45) is -9.22. The van der Waals surface area contributed by atoms with Crippen LogP contribution in [0.2, 0.25) is 10.0 Å². The maximum Gasteiger partial charge on any atom is 0.416 e. The number of carbonyl (C=O) groups excluding carboxylic acids is 2. The zero-order valence-electron chi connectivity index (χ0n) is 25.0. The Bertz CT molecular complexity index is 1580. The number of nitrogens with two attached hydrogens (primary N) is 1. The highest BCUT2D eigenvalue weighted by molar-refractivity contribution is 6.42. The molecule has 252 valence electrons. The smallest absolute Gasteiger partial charge is 0.324 e. The number of nitrogens with zero attached hydrogens (tertiary/aromatic N) is 2. The Morgan fingerprint density at radius 2 is 1.47 bits per heavy atom. The van der Waals surface area contributed by atoms with Gasteiger partial charge in [0.1, 0.15) is 11.6 Å². The molecule has 2 heterocycles. The lowest BCUT2D eigenvalue weighted by Gasteiger charge is -2.55. The van der Waals surface area contributed by atoms with Gasteiger partial charge >= 0.3 is 12.4 Å². The van der Waals surface area contributed by atoms with Crippen LogP contribution in [0.5, 0.6) is 0 Å². The van der Waals surface area contributed by atoms with Gasteiger partial charge in [0.25, 0.3) is 0 Å². The quantitative estimate of drug-likeness (QED) is 0.204. The molecule has 5 rings (SSSR count). The summed E-state index contributed by atoms with van der Waals surface area (Å²) in [6, 6.07) is 13.0.